The van der Waals surface area contributed by atoms with Gasteiger partial charge in [0.25, 0.3) is 0 Å². The van der Waals surface area contributed by atoms with Crippen molar-refractivity contribution in [2.75, 3.05) is 18.9 Å². The highest BCUT2D eigenvalue weighted by Crippen LogP contribution is 2.14. The number of anilines is 1. The highest BCUT2D eigenvalue weighted by molar-refractivity contribution is 5.89. The molecular weight excluding hydrogens is 352 g/mol. The van der Waals surface area contributed by atoms with Crippen LogP contribution < -0.4 is 5.32 Å². The average Bonchev–Trinajstić information content (AvgIpc) is 3.22. The van der Waals surface area contributed by atoms with Crippen LogP contribution in [0.4, 0.5) is 10.5 Å². The van der Waals surface area contributed by atoms with Crippen LogP contribution in [0.1, 0.15) is 23.3 Å². The third kappa shape index (κ3) is 6.28. The molecule has 28 heavy (non-hydrogen) atoms. The van der Waals surface area contributed by atoms with Crippen LogP contribution in [0.25, 0.3) is 0 Å². The molecule has 0 aliphatic heterocycles. The average molecular weight is 378 g/mol. The number of hydrogen-bond acceptors (Lipinski definition) is 3. The van der Waals surface area contributed by atoms with Crippen LogP contribution in [0.15, 0.2) is 77.4 Å². The minimum Gasteiger partial charge on any atom is -0.467 e. The quantitative estimate of drug-likeness (QED) is 0.564. The molecule has 1 aromatic heterocycles. The lowest BCUT2D eigenvalue weighted by molar-refractivity contribution is 0.0930. The van der Waals surface area contributed by atoms with Crippen LogP contribution in [-0.4, -0.2) is 24.5 Å². The highest BCUT2D eigenvalue weighted by atomic mass is 16.5. The molecule has 2 aromatic carbocycles. The van der Waals surface area contributed by atoms with E-state index in [1.807, 2.05) is 61.6 Å². The molecule has 0 spiro atoms. The molecule has 0 saturated carbocycles. The van der Waals surface area contributed by atoms with E-state index in [1.54, 1.807) is 11.2 Å². The number of hydrogen-bond donors (Lipinski definition) is 1. The van der Waals surface area contributed by atoms with Gasteiger partial charge in [-0.2, -0.15) is 0 Å². The minimum absolute atomic E-state index is 0.110. The smallest absolute Gasteiger partial charge is 0.321 e. The van der Waals surface area contributed by atoms with Crippen molar-refractivity contribution in [2.45, 2.75) is 26.1 Å². The highest BCUT2D eigenvalue weighted by Gasteiger charge is 2.09. The van der Waals surface area contributed by atoms with Crippen molar-refractivity contribution in [2.24, 2.45) is 0 Å². The molecule has 1 N–H and O–H groups in total. The molecule has 146 valence electrons. The molecule has 0 fully saturated rings. The van der Waals surface area contributed by atoms with E-state index in [2.05, 4.69) is 17.4 Å². The maximum absolute atomic E-state index is 12.4. The van der Waals surface area contributed by atoms with Crippen LogP contribution in [0.2, 0.25) is 0 Å². The summed E-state index contributed by atoms with van der Waals surface area (Å²) in [6.07, 6.45) is 3.51. The SMILES string of the molecule is CN(CCCc1ccccc1)C(=O)Nc1cccc(COCc2ccco2)c1. The molecule has 0 aliphatic carbocycles. The Morgan fingerprint density at radius 3 is 2.61 bits per heavy atom. The van der Waals surface area contributed by atoms with Gasteiger partial charge in [0.15, 0.2) is 0 Å². The molecule has 0 radical (unpaired) electrons. The molecule has 0 aliphatic rings. The number of urea groups is 1. The van der Waals surface area contributed by atoms with E-state index in [-0.39, 0.29) is 6.03 Å². The van der Waals surface area contributed by atoms with E-state index in [1.165, 1.54) is 5.56 Å². The van der Waals surface area contributed by atoms with Crippen LogP contribution in [0, 0.1) is 0 Å². The zero-order valence-corrected chi connectivity index (χ0v) is 16.1. The topological polar surface area (TPSA) is 54.7 Å². The number of ether oxygens (including phenoxy) is 1. The first kappa shape index (κ1) is 19.7. The first-order valence-corrected chi connectivity index (χ1v) is 9.46. The van der Waals surface area contributed by atoms with Gasteiger partial charge >= 0.3 is 6.03 Å². The Kier molecular flexibility index (Phi) is 7.27. The summed E-state index contributed by atoms with van der Waals surface area (Å²) in [7, 11) is 1.82. The number of aryl methyl sites for hydroxylation is 1. The van der Waals surface area contributed by atoms with E-state index in [0.29, 0.717) is 19.8 Å². The lowest BCUT2D eigenvalue weighted by atomic mass is 10.1. The van der Waals surface area contributed by atoms with Gasteiger partial charge < -0.3 is 19.4 Å². The number of furan rings is 1. The summed E-state index contributed by atoms with van der Waals surface area (Å²) in [5.41, 5.74) is 3.05. The van der Waals surface area contributed by atoms with Crippen molar-refractivity contribution < 1.29 is 13.9 Å². The normalized spacial score (nSPS) is 10.6. The van der Waals surface area contributed by atoms with Gasteiger partial charge in [-0.3, -0.25) is 0 Å². The molecule has 0 bridgehead atoms. The fourth-order valence-corrected chi connectivity index (χ4v) is 2.89. The predicted octanol–water partition coefficient (Wildman–Crippen LogP) is 5.09. The number of carbonyl (C=O) groups excluding carboxylic acids is 1. The summed E-state index contributed by atoms with van der Waals surface area (Å²) in [5.74, 6) is 0.793. The predicted molar refractivity (Wildman–Crippen MR) is 110 cm³/mol. The van der Waals surface area contributed by atoms with Gasteiger partial charge in [0.2, 0.25) is 0 Å². The largest absolute Gasteiger partial charge is 0.467 e. The van der Waals surface area contributed by atoms with Crippen molar-refractivity contribution in [3.05, 3.63) is 89.9 Å². The van der Waals surface area contributed by atoms with Gasteiger partial charge in [-0.25, -0.2) is 4.79 Å². The Morgan fingerprint density at radius 2 is 1.82 bits per heavy atom. The van der Waals surface area contributed by atoms with E-state index < -0.39 is 0 Å². The van der Waals surface area contributed by atoms with Crippen molar-refractivity contribution >= 4 is 11.7 Å². The second kappa shape index (κ2) is 10.3. The number of nitrogens with zero attached hydrogens (tertiary/aromatic N) is 1. The van der Waals surface area contributed by atoms with Crippen LogP contribution in [0.3, 0.4) is 0 Å². The lowest BCUT2D eigenvalue weighted by Gasteiger charge is -2.18. The molecule has 1 heterocycles. The lowest BCUT2D eigenvalue weighted by Crippen LogP contribution is -2.32. The molecule has 5 nitrogen and oxygen atoms in total. The zero-order chi connectivity index (χ0) is 19.6. The summed E-state index contributed by atoms with van der Waals surface area (Å²) >= 11 is 0. The second-order valence-corrected chi connectivity index (χ2v) is 6.71. The monoisotopic (exact) mass is 378 g/mol. The summed E-state index contributed by atoms with van der Waals surface area (Å²) in [6, 6.07) is 21.6. The third-order valence-corrected chi connectivity index (χ3v) is 4.42. The fraction of sp³-hybridized carbons (Fsp3) is 0.261. The van der Waals surface area contributed by atoms with Crippen LogP contribution in [-0.2, 0) is 24.4 Å². The molecule has 0 atom stereocenters. The maximum Gasteiger partial charge on any atom is 0.321 e. The van der Waals surface area contributed by atoms with Gasteiger partial charge in [-0.15, -0.1) is 0 Å². The van der Waals surface area contributed by atoms with Crippen LogP contribution in [0.5, 0.6) is 0 Å². The zero-order valence-electron chi connectivity index (χ0n) is 16.1. The molecule has 0 unspecified atom stereocenters. The summed E-state index contributed by atoms with van der Waals surface area (Å²) in [5, 5.41) is 2.95. The van der Waals surface area contributed by atoms with E-state index in [4.69, 9.17) is 9.15 Å². The maximum atomic E-state index is 12.4. The fourth-order valence-electron chi connectivity index (χ4n) is 2.89. The minimum atomic E-state index is -0.110. The molecular formula is C23H26N2O3. The van der Waals surface area contributed by atoms with Gasteiger partial charge in [0.05, 0.1) is 12.9 Å². The summed E-state index contributed by atoms with van der Waals surface area (Å²) in [6.45, 7) is 1.58. The summed E-state index contributed by atoms with van der Waals surface area (Å²) < 4.78 is 10.9. The first-order valence-electron chi connectivity index (χ1n) is 9.46. The van der Waals surface area contributed by atoms with Crippen LogP contribution >= 0.6 is 0 Å². The van der Waals surface area contributed by atoms with E-state index in [9.17, 15) is 4.79 Å². The number of amides is 2. The Bertz CT molecular complexity index is 847. The second-order valence-electron chi connectivity index (χ2n) is 6.71. The molecule has 2 amide bonds. The Balaban J connectivity index is 1.42. The molecule has 0 saturated heterocycles. The van der Waals surface area contributed by atoms with Gasteiger partial charge in [-0.05, 0) is 48.2 Å². The third-order valence-electron chi connectivity index (χ3n) is 4.42. The Hall–Kier alpha value is -3.05. The summed E-state index contributed by atoms with van der Waals surface area (Å²) in [4.78, 5) is 14.1. The van der Waals surface area contributed by atoms with Crippen molar-refractivity contribution in [3.8, 4) is 0 Å². The van der Waals surface area contributed by atoms with Crippen molar-refractivity contribution in [1.82, 2.24) is 4.90 Å². The van der Waals surface area contributed by atoms with Crippen molar-refractivity contribution in [3.63, 3.8) is 0 Å². The molecule has 3 rings (SSSR count). The van der Waals surface area contributed by atoms with Gasteiger partial charge in [0, 0.05) is 19.3 Å². The molecule has 3 aromatic rings. The van der Waals surface area contributed by atoms with Gasteiger partial charge in [0.1, 0.15) is 12.4 Å². The number of nitrogens with one attached hydrogen (secondary N) is 1. The van der Waals surface area contributed by atoms with E-state index >= 15 is 0 Å². The number of benzene rings is 2. The first-order chi connectivity index (χ1) is 13.7. The molecule has 5 heteroatoms. The standard InChI is InChI=1S/C23H26N2O3/c1-25(14-6-11-19-8-3-2-4-9-19)23(26)24-21-12-5-10-20(16-21)17-27-18-22-13-7-15-28-22/h2-5,7-10,12-13,15-16H,6,11,14,17-18H2,1H3,(H,24,26). The Morgan fingerprint density at radius 1 is 1.00 bits per heavy atom. The number of carbonyl (C=O) groups is 1. The van der Waals surface area contributed by atoms with E-state index in [0.717, 1.165) is 29.9 Å². The Labute approximate surface area is 165 Å². The van der Waals surface area contributed by atoms with Gasteiger partial charge in [-0.1, -0.05) is 42.5 Å². The van der Waals surface area contributed by atoms with Crippen molar-refractivity contribution in [1.29, 1.82) is 0 Å². The number of rotatable bonds is 9.